The van der Waals surface area contributed by atoms with E-state index in [0.29, 0.717) is 6.54 Å². The number of nitrogens with one attached hydrogen (secondary N) is 2. The van der Waals surface area contributed by atoms with Crippen molar-refractivity contribution in [1.82, 2.24) is 20.5 Å². The Morgan fingerprint density at radius 1 is 1.31 bits per heavy atom. The lowest BCUT2D eigenvalue weighted by molar-refractivity contribution is -0.141. The lowest BCUT2D eigenvalue weighted by atomic mass is 10.0. The van der Waals surface area contributed by atoms with E-state index in [1.165, 1.54) is 11.8 Å². The van der Waals surface area contributed by atoms with Crippen LogP contribution in [0.5, 0.6) is 0 Å². The molecule has 2 aromatic rings. The molecule has 3 rings (SSSR count). The normalized spacial score (nSPS) is 19.3. The summed E-state index contributed by atoms with van der Waals surface area (Å²) < 4.78 is -0.112. The Labute approximate surface area is 224 Å². The molecule has 190 valence electrons. The van der Waals surface area contributed by atoms with Crippen LogP contribution < -0.4 is 10.6 Å². The molecule has 4 unspecified atom stereocenters. The van der Waals surface area contributed by atoms with Crippen LogP contribution in [0.15, 0.2) is 23.7 Å². The second-order valence-electron chi connectivity index (χ2n) is 9.00. The molecular formula is C25H33IN4O4S. The first-order chi connectivity index (χ1) is 16.6. The van der Waals surface area contributed by atoms with Crippen molar-refractivity contribution < 1.29 is 19.5 Å². The number of hydrogen-bond donors (Lipinski definition) is 3. The van der Waals surface area contributed by atoms with Crippen LogP contribution in [0, 0.1) is 13.8 Å². The zero-order valence-electron chi connectivity index (χ0n) is 20.5. The molecule has 0 radical (unpaired) electrons. The maximum Gasteiger partial charge on any atom is 0.247 e. The summed E-state index contributed by atoms with van der Waals surface area (Å²) in [6, 6.07) is 4.59. The Kier molecular flexibility index (Phi) is 9.65. The van der Waals surface area contributed by atoms with Gasteiger partial charge in [0.05, 0.1) is 22.2 Å². The number of β-amino-alcohol motifs (C(OH)–C–C–N with tert-alkyl or cyclic N) is 1. The standard InChI is InChI=1S/C25H33IN4O4S/c1-5-6-20(26)22(29-16(4)31)25(34)30-12-19(32)10-21(30)24(33)27-11-18-8-7-17(9-14(18)2)23-15(3)28-13-35-23/h7-9,13,19-22,32H,5-6,10-12H2,1-4H3,(H,27,33)(H,29,31). The first-order valence-corrected chi connectivity index (χ1v) is 13.9. The van der Waals surface area contributed by atoms with Gasteiger partial charge in [0.15, 0.2) is 0 Å². The van der Waals surface area contributed by atoms with E-state index >= 15 is 0 Å². The molecule has 1 saturated heterocycles. The number of aryl methyl sites for hydroxylation is 2. The third kappa shape index (κ3) is 6.79. The number of alkyl halides is 1. The molecule has 10 heteroatoms. The summed E-state index contributed by atoms with van der Waals surface area (Å²) >= 11 is 3.77. The maximum atomic E-state index is 13.4. The first kappa shape index (κ1) is 27.5. The lowest BCUT2D eigenvalue weighted by Gasteiger charge is -2.30. The SMILES string of the molecule is CCCC(I)C(NC(C)=O)C(=O)N1CC(O)CC1C(=O)NCc1ccc(-c2scnc2C)cc1C. The molecule has 1 aliphatic heterocycles. The minimum atomic E-state index is -0.782. The van der Waals surface area contributed by atoms with Crippen LogP contribution in [0.25, 0.3) is 10.4 Å². The largest absolute Gasteiger partial charge is 0.391 e. The predicted octanol–water partition coefficient (Wildman–Crippen LogP) is 3.11. The zero-order valence-corrected chi connectivity index (χ0v) is 23.5. The summed E-state index contributed by atoms with van der Waals surface area (Å²) in [5.41, 5.74) is 5.94. The Morgan fingerprint density at radius 3 is 2.66 bits per heavy atom. The molecule has 0 spiro atoms. The van der Waals surface area contributed by atoms with Gasteiger partial charge in [-0.25, -0.2) is 4.98 Å². The molecule has 3 amide bonds. The third-order valence-electron chi connectivity index (χ3n) is 6.22. The summed E-state index contributed by atoms with van der Waals surface area (Å²) in [4.78, 5) is 45.1. The summed E-state index contributed by atoms with van der Waals surface area (Å²) in [7, 11) is 0. The zero-order chi connectivity index (χ0) is 25.7. The van der Waals surface area contributed by atoms with Gasteiger partial charge >= 0.3 is 0 Å². The highest BCUT2D eigenvalue weighted by Crippen LogP contribution is 2.29. The number of aliphatic hydroxyl groups excluding tert-OH is 1. The van der Waals surface area contributed by atoms with Gasteiger partial charge in [-0.2, -0.15) is 0 Å². The number of carbonyl (C=O) groups is 3. The molecule has 0 saturated carbocycles. The van der Waals surface area contributed by atoms with Crippen molar-refractivity contribution in [2.75, 3.05) is 6.54 Å². The molecule has 1 aromatic heterocycles. The Bertz CT molecular complexity index is 1080. The van der Waals surface area contributed by atoms with Crippen molar-refractivity contribution in [3.8, 4) is 10.4 Å². The van der Waals surface area contributed by atoms with E-state index in [-0.39, 0.29) is 34.6 Å². The monoisotopic (exact) mass is 612 g/mol. The molecule has 8 nitrogen and oxygen atoms in total. The number of rotatable bonds is 9. The number of amides is 3. The van der Waals surface area contributed by atoms with E-state index < -0.39 is 18.2 Å². The van der Waals surface area contributed by atoms with E-state index in [2.05, 4.69) is 44.3 Å². The van der Waals surface area contributed by atoms with Gasteiger partial charge in [-0.3, -0.25) is 14.4 Å². The van der Waals surface area contributed by atoms with E-state index in [1.54, 1.807) is 11.3 Å². The number of thiazole rings is 1. The molecule has 4 atom stereocenters. The topological polar surface area (TPSA) is 112 Å². The molecular weight excluding hydrogens is 579 g/mol. The number of carbonyl (C=O) groups excluding carboxylic acids is 3. The molecule has 1 aromatic carbocycles. The highest BCUT2D eigenvalue weighted by atomic mass is 127. The van der Waals surface area contributed by atoms with Crippen molar-refractivity contribution in [2.45, 2.75) is 75.6 Å². The first-order valence-electron chi connectivity index (χ1n) is 11.8. The van der Waals surface area contributed by atoms with Gasteiger partial charge in [0, 0.05) is 30.4 Å². The highest BCUT2D eigenvalue weighted by Gasteiger charge is 2.42. The number of halogens is 1. The Morgan fingerprint density at radius 2 is 2.06 bits per heavy atom. The van der Waals surface area contributed by atoms with Crippen LogP contribution in [0.4, 0.5) is 0 Å². The minimum absolute atomic E-state index is 0.0738. The number of benzene rings is 1. The second kappa shape index (κ2) is 12.3. The van der Waals surface area contributed by atoms with Crippen molar-refractivity contribution in [2.24, 2.45) is 0 Å². The van der Waals surface area contributed by atoms with Gasteiger partial charge in [0.1, 0.15) is 12.1 Å². The van der Waals surface area contributed by atoms with Gasteiger partial charge in [-0.1, -0.05) is 54.1 Å². The van der Waals surface area contributed by atoms with E-state index in [4.69, 9.17) is 0 Å². The summed E-state index contributed by atoms with van der Waals surface area (Å²) in [5, 5.41) is 16.0. The van der Waals surface area contributed by atoms with Crippen molar-refractivity contribution in [1.29, 1.82) is 0 Å². The molecule has 3 N–H and O–H groups in total. The van der Waals surface area contributed by atoms with Crippen molar-refractivity contribution >= 4 is 51.6 Å². The van der Waals surface area contributed by atoms with E-state index in [9.17, 15) is 19.5 Å². The third-order valence-corrected chi connectivity index (χ3v) is 8.54. The minimum Gasteiger partial charge on any atom is -0.391 e. The van der Waals surface area contributed by atoms with E-state index in [1.807, 2.05) is 38.4 Å². The van der Waals surface area contributed by atoms with Crippen LogP contribution in [0.1, 0.15) is 49.9 Å². The maximum absolute atomic E-state index is 13.4. The average Bonchev–Trinajstić information content (AvgIpc) is 3.41. The van der Waals surface area contributed by atoms with Crippen molar-refractivity contribution in [3.05, 3.63) is 40.5 Å². The predicted molar refractivity (Wildman–Crippen MR) is 145 cm³/mol. The summed E-state index contributed by atoms with van der Waals surface area (Å²) in [6.45, 7) is 7.78. The quantitative estimate of drug-likeness (QED) is 0.298. The summed E-state index contributed by atoms with van der Waals surface area (Å²) in [6.07, 6.45) is 1.01. The van der Waals surface area contributed by atoms with Gasteiger partial charge < -0.3 is 20.6 Å². The van der Waals surface area contributed by atoms with E-state index in [0.717, 1.165) is 40.1 Å². The van der Waals surface area contributed by atoms with Crippen molar-refractivity contribution in [3.63, 3.8) is 0 Å². The molecule has 0 aliphatic carbocycles. The van der Waals surface area contributed by atoms with Crippen LogP contribution in [0.3, 0.4) is 0 Å². The molecule has 1 aliphatic rings. The van der Waals surface area contributed by atoms with Crippen LogP contribution in [0.2, 0.25) is 0 Å². The summed E-state index contributed by atoms with van der Waals surface area (Å²) in [5.74, 6) is -0.932. The van der Waals surface area contributed by atoms with Gasteiger partial charge in [-0.15, -0.1) is 11.3 Å². The fraction of sp³-hybridized carbons (Fsp3) is 0.520. The van der Waals surface area contributed by atoms with Gasteiger partial charge in [0.25, 0.3) is 0 Å². The molecule has 0 bridgehead atoms. The number of aromatic nitrogens is 1. The smallest absolute Gasteiger partial charge is 0.247 e. The number of hydrogen-bond acceptors (Lipinski definition) is 6. The van der Waals surface area contributed by atoms with Crippen LogP contribution in [-0.2, 0) is 20.9 Å². The number of aliphatic hydroxyl groups is 1. The van der Waals surface area contributed by atoms with Crippen LogP contribution >= 0.6 is 33.9 Å². The molecule has 1 fully saturated rings. The average molecular weight is 613 g/mol. The Balaban J connectivity index is 1.70. The second-order valence-corrected chi connectivity index (χ2v) is 11.5. The van der Waals surface area contributed by atoms with Crippen LogP contribution in [-0.4, -0.2) is 61.4 Å². The fourth-order valence-corrected chi connectivity index (χ4v) is 6.28. The van der Waals surface area contributed by atoms with Gasteiger partial charge in [-0.05, 0) is 37.0 Å². The molecule has 2 heterocycles. The number of likely N-dealkylation sites (tertiary alicyclic amines) is 1. The number of nitrogens with zero attached hydrogens (tertiary/aromatic N) is 2. The molecule has 35 heavy (non-hydrogen) atoms. The Hall–Kier alpha value is -2.05. The highest BCUT2D eigenvalue weighted by molar-refractivity contribution is 14.1. The van der Waals surface area contributed by atoms with Gasteiger partial charge in [0.2, 0.25) is 17.7 Å². The lowest BCUT2D eigenvalue weighted by Crippen LogP contribution is -2.56. The fourth-order valence-electron chi connectivity index (χ4n) is 4.37.